The minimum absolute atomic E-state index is 0.0221. The molecule has 4 nitrogen and oxygen atoms in total. The van der Waals surface area contributed by atoms with E-state index in [1.54, 1.807) is 18.2 Å². The Morgan fingerprint density at radius 1 is 1.00 bits per heavy atom. The van der Waals surface area contributed by atoms with Crippen molar-refractivity contribution >= 4 is 5.69 Å². The molecule has 0 bridgehead atoms. The van der Waals surface area contributed by atoms with Crippen LogP contribution in [0.3, 0.4) is 0 Å². The second-order valence-corrected chi connectivity index (χ2v) is 5.28. The molecule has 2 aromatic carbocycles. The van der Waals surface area contributed by atoms with E-state index in [4.69, 9.17) is 4.74 Å². The molecular weight excluding hydrogens is 278 g/mol. The van der Waals surface area contributed by atoms with Gasteiger partial charge in [0.1, 0.15) is 5.75 Å². The molecule has 4 heteroatoms. The number of nitrogens with zero attached hydrogens (tertiary/aromatic N) is 1. The molecule has 2 rings (SSSR count). The minimum atomic E-state index is -0.433. The van der Waals surface area contributed by atoms with E-state index in [9.17, 15) is 10.1 Å². The van der Waals surface area contributed by atoms with Crippen molar-refractivity contribution in [3.05, 3.63) is 64.2 Å². The van der Waals surface area contributed by atoms with Gasteiger partial charge in [-0.15, -0.1) is 0 Å². The Bertz CT molecular complexity index is 608. The molecule has 0 amide bonds. The molecule has 22 heavy (non-hydrogen) atoms. The van der Waals surface area contributed by atoms with Gasteiger partial charge < -0.3 is 4.74 Å². The van der Waals surface area contributed by atoms with Crippen LogP contribution in [0.25, 0.3) is 0 Å². The summed E-state index contributed by atoms with van der Waals surface area (Å²) in [6, 6.07) is 14.2. The molecule has 0 N–H and O–H groups in total. The van der Waals surface area contributed by atoms with Crippen LogP contribution in [0.2, 0.25) is 0 Å². The van der Waals surface area contributed by atoms with Crippen molar-refractivity contribution in [3.8, 4) is 11.5 Å². The Labute approximate surface area is 130 Å². The summed E-state index contributed by atoms with van der Waals surface area (Å²) in [7, 11) is 0. The summed E-state index contributed by atoms with van der Waals surface area (Å²) < 4.78 is 5.63. The van der Waals surface area contributed by atoms with Crippen LogP contribution in [-0.4, -0.2) is 4.92 Å². The van der Waals surface area contributed by atoms with Crippen molar-refractivity contribution in [3.63, 3.8) is 0 Å². The van der Waals surface area contributed by atoms with Gasteiger partial charge in [-0.1, -0.05) is 50.5 Å². The number of hydrogen-bond donors (Lipinski definition) is 0. The topological polar surface area (TPSA) is 52.4 Å². The van der Waals surface area contributed by atoms with Crippen molar-refractivity contribution in [1.82, 2.24) is 0 Å². The number of nitro groups is 1. The molecule has 0 spiro atoms. The van der Waals surface area contributed by atoms with Gasteiger partial charge in [0.15, 0.2) is 0 Å². The fourth-order valence-electron chi connectivity index (χ4n) is 2.30. The SMILES string of the molecule is CCCCCCc1ccc(Oc2ccccc2[N+](=O)[O-])cc1. The third kappa shape index (κ3) is 4.58. The summed E-state index contributed by atoms with van der Waals surface area (Å²) in [5.74, 6) is 0.884. The first-order chi connectivity index (χ1) is 10.7. The molecule has 0 aliphatic carbocycles. The second kappa shape index (κ2) is 8.17. The average molecular weight is 299 g/mol. The second-order valence-electron chi connectivity index (χ2n) is 5.28. The molecule has 0 heterocycles. The maximum Gasteiger partial charge on any atom is 0.311 e. The number of para-hydroxylation sites is 2. The lowest BCUT2D eigenvalue weighted by molar-refractivity contribution is -0.385. The highest BCUT2D eigenvalue weighted by molar-refractivity contribution is 5.48. The van der Waals surface area contributed by atoms with Gasteiger partial charge in [-0.25, -0.2) is 0 Å². The summed E-state index contributed by atoms with van der Waals surface area (Å²) in [4.78, 5) is 10.5. The fourth-order valence-corrected chi connectivity index (χ4v) is 2.30. The maximum atomic E-state index is 11.0. The van der Waals surface area contributed by atoms with Gasteiger partial charge in [-0.05, 0) is 36.6 Å². The average Bonchev–Trinajstić information content (AvgIpc) is 2.53. The zero-order chi connectivity index (χ0) is 15.8. The highest BCUT2D eigenvalue weighted by Gasteiger charge is 2.14. The van der Waals surface area contributed by atoms with E-state index < -0.39 is 4.92 Å². The smallest absolute Gasteiger partial charge is 0.311 e. The number of hydrogen-bond acceptors (Lipinski definition) is 3. The van der Waals surface area contributed by atoms with E-state index in [0.717, 1.165) is 6.42 Å². The Morgan fingerprint density at radius 2 is 1.73 bits per heavy atom. The monoisotopic (exact) mass is 299 g/mol. The molecule has 2 aromatic rings. The number of rotatable bonds is 8. The third-order valence-electron chi connectivity index (χ3n) is 3.53. The Morgan fingerprint density at radius 3 is 2.41 bits per heavy atom. The first-order valence-corrected chi connectivity index (χ1v) is 7.71. The van der Waals surface area contributed by atoms with Gasteiger partial charge in [-0.2, -0.15) is 0 Å². The Hall–Kier alpha value is -2.36. The molecule has 0 aliphatic rings. The third-order valence-corrected chi connectivity index (χ3v) is 3.53. The highest BCUT2D eigenvalue weighted by atomic mass is 16.6. The molecule has 0 fully saturated rings. The van der Waals surface area contributed by atoms with Crippen molar-refractivity contribution in [2.45, 2.75) is 39.0 Å². The minimum Gasteiger partial charge on any atom is -0.450 e. The zero-order valence-electron chi connectivity index (χ0n) is 12.8. The van der Waals surface area contributed by atoms with E-state index in [-0.39, 0.29) is 11.4 Å². The van der Waals surface area contributed by atoms with E-state index in [1.165, 1.54) is 37.3 Å². The maximum absolute atomic E-state index is 11.0. The molecule has 0 saturated carbocycles. The number of nitro benzene ring substituents is 1. The summed E-state index contributed by atoms with van der Waals surface area (Å²) in [6.07, 6.45) is 6.02. The molecule has 0 unspecified atom stereocenters. The molecule has 0 radical (unpaired) electrons. The van der Waals surface area contributed by atoms with E-state index >= 15 is 0 Å². The largest absolute Gasteiger partial charge is 0.450 e. The normalized spacial score (nSPS) is 10.4. The number of ether oxygens (including phenoxy) is 1. The predicted molar refractivity (Wildman–Crippen MR) is 87.5 cm³/mol. The molecular formula is C18H21NO3. The van der Waals surface area contributed by atoms with Crippen molar-refractivity contribution in [2.24, 2.45) is 0 Å². The van der Waals surface area contributed by atoms with Gasteiger partial charge in [-0.3, -0.25) is 10.1 Å². The first kappa shape index (κ1) is 16.0. The quantitative estimate of drug-likeness (QED) is 0.367. The lowest BCUT2D eigenvalue weighted by Crippen LogP contribution is -1.93. The summed E-state index contributed by atoms with van der Waals surface area (Å²) in [5, 5.41) is 11.0. The van der Waals surface area contributed by atoms with Gasteiger partial charge in [0.2, 0.25) is 5.75 Å². The van der Waals surface area contributed by atoms with Crippen LogP contribution in [0.4, 0.5) is 5.69 Å². The Balaban J connectivity index is 1.98. The molecule has 116 valence electrons. The van der Waals surface area contributed by atoms with Crippen molar-refractivity contribution in [1.29, 1.82) is 0 Å². The van der Waals surface area contributed by atoms with Crippen molar-refractivity contribution in [2.75, 3.05) is 0 Å². The first-order valence-electron chi connectivity index (χ1n) is 7.71. The van der Waals surface area contributed by atoms with Crippen LogP contribution in [0.5, 0.6) is 11.5 Å². The Kier molecular flexibility index (Phi) is 5.95. The van der Waals surface area contributed by atoms with Crippen LogP contribution in [-0.2, 0) is 6.42 Å². The van der Waals surface area contributed by atoms with Gasteiger partial charge in [0, 0.05) is 6.07 Å². The van der Waals surface area contributed by atoms with Crippen LogP contribution in [0, 0.1) is 10.1 Å². The van der Waals surface area contributed by atoms with E-state index in [0.29, 0.717) is 5.75 Å². The summed E-state index contributed by atoms with van der Waals surface area (Å²) in [5.41, 5.74) is 1.25. The standard InChI is InChI=1S/C18H21NO3/c1-2-3-4-5-8-15-11-13-16(14-12-15)22-18-10-7-6-9-17(18)19(20)21/h6-7,9-14H,2-5,8H2,1H3. The molecule has 0 aliphatic heterocycles. The molecule has 0 aromatic heterocycles. The van der Waals surface area contributed by atoms with Crippen molar-refractivity contribution < 1.29 is 9.66 Å². The predicted octanol–water partition coefficient (Wildman–Crippen LogP) is 5.51. The van der Waals surface area contributed by atoms with Crippen LogP contribution < -0.4 is 4.74 Å². The lowest BCUT2D eigenvalue weighted by Gasteiger charge is -2.07. The molecule has 0 saturated heterocycles. The van der Waals surface area contributed by atoms with E-state index in [2.05, 4.69) is 6.92 Å². The van der Waals surface area contributed by atoms with Crippen LogP contribution >= 0.6 is 0 Å². The van der Waals surface area contributed by atoms with Gasteiger partial charge in [0.05, 0.1) is 4.92 Å². The number of aryl methyl sites for hydroxylation is 1. The van der Waals surface area contributed by atoms with E-state index in [1.807, 2.05) is 24.3 Å². The molecule has 0 atom stereocenters. The number of unbranched alkanes of at least 4 members (excludes halogenated alkanes) is 3. The highest BCUT2D eigenvalue weighted by Crippen LogP contribution is 2.30. The lowest BCUT2D eigenvalue weighted by atomic mass is 10.1. The van der Waals surface area contributed by atoms with Gasteiger partial charge in [0.25, 0.3) is 0 Å². The summed E-state index contributed by atoms with van der Waals surface area (Å²) >= 11 is 0. The fraction of sp³-hybridized carbons (Fsp3) is 0.333. The zero-order valence-corrected chi connectivity index (χ0v) is 12.8. The summed E-state index contributed by atoms with van der Waals surface area (Å²) in [6.45, 7) is 2.20. The van der Waals surface area contributed by atoms with Gasteiger partial charge >= 0.3 is 5.69 Å². The van der Waals surface area contributed by atoms with Crippen LogP contribution in [0.1, 0.15) is 38.2 Å². The van der Waals surface area contributed by atoms with Crippen LogP contribution in [0.15, 0.2) is 48.5 Å². The number of benzene rings is 2.